The first-order chi connectivity index (χ1) is 12.0. The first-order valence-corrected chi connectivity index (χ1v) is 8.27. The number of nitrogens with two attached hydrogens (primary N) is 1. The van der Waals surface area contributed by atoms with E-state index in [1.54, 1.807) is 0 Å². The summed E-state index contributed by atoms with van der Waals surface area (Å²) in [5.41, 5.74) is 6.17. The highest BCUT2D eigenvalue weighted by molar-refractivity contribution is 5.77. The van der Waals surface area contributed by atoms with Crippen LogP contribution in [0.4, 0.5) is 5.69 Å². The Balaban J connectivity index is 1.61. The zero-order valence-electron chi connectivity index (χ0n) is 13.6. The van der Waals surface area contributed by atoms with E-state index in [0.29, 0.717) is 30.9 Å². The Kier molecular flexibility index (Phi) is 4.84. The number of fused-ring (bicyclic) bond motifs is 1. The van der Waals surface area contributed by atoms with E-state index in [2.05, 4.69) is 5.32 Å². The normalized spacial score (nSPS) is 15.2. The van der Waals surface area contributed by atoms with Crippen LogP contribution in [0.2, 0.25) is 0 Å². The minimum atomic E-state index is -0.589. The van der Waals surface area contributed by atoms with Crippen LogP contribution in [0.5, 0.6) is 0 Å². The summed E-state index contributed by atoms with van der Waals surface area (Å²) in [6.07, 6.45) is 2.93. The second-order valence-electron chi connectivity index (χ2n) is 6.28. The van der Waals surface area contributed by atoms with Gasteiger partial charge in [-0.05, 0) is 31.2 Å². The summed E-state index contributed by atoms with van der Waals surface area (Å²) in [6.45, 7) is 0.731. The van der Waals surface area contributed by atoms with Crippen molar-refractivity contribution in [2.45, 2.75) is 38.3 Å². The maximum absolute atomic E-state index is 12.0. The van der Waals surface area contributed by atoms with Crippen LogP contribution in [0, 0.1) is 16.0 Å². The van der Waals surface area contributed by atoms with E-state index in [4.69, 9.17) is 10.2 Å². The summed E-state index contributed by atoms with van der Waals surface area (Å²) < 4.78 is 6.44. The zero-order chi connectivity index (χ0) is 18.0. The van der Waals surface area contributed by atoms with Crippen molar-refractivity contribution >= 4 is 22.7 Å². The molecule has 1 aliphatic rings. The number of nitrogens with zero attached hydrogens (tertiary/aromatic N) is 2. The molecule has 1 aliphatic carbocycles. The van der Waals surface area contributed by atoms with Crippen molar-refractivity contribution < 1.29 is 14.1 Å². The summed E-state index contributed by atoms with van der Waals surface area (Å²) >= 11 is 0. The molecule has 0 aliphatic heterocycles. The molecule has 1 saturated carbocycles. The van der Waals surface area contributed by atoms with Gasteiger partial charge in [-0.3, -0.25) is 19.5 Å². The van der Waals surface area contributed by atoms with Gasteiger partial charge in [0.15, 0.2) is 5.58 Å². The Morgan fingerprint density at radius 2 is 2.24 bits per heavy atom. The molecule has 0 radical (unpaired) electrons. The standard InChI is InChI=1S/C16H20N4O5/c17-9-12(10-3-4-10)18-15(21)2-1-7-19-13-6-5-11(20(23)24)8-14(13)25-16(19)22/h5-6,8,10,12H,1-4,7,9,17H2,(H,18,21). The van der Waals surface area contributed by atoms with Gasteiger partial charge in [0, 0.05) is 31.6 Å². The van der Waals surface area contributed by atoms with E-state index < -0.39 is 10.7 Å². The number of nitro groups is 1. The number of aromatic nitrogens is 1. The van der Waals surface area contributed by atoms with Gasteiger partial charge in [-0.1, -0.05) is 0 Å². The van der Waals surface area contributed by atoms with Crippen molar-refractivity contribution in [3.8, 4) is 0 Å². The topological polar surface area (TPSA) is 133 Å². The molecule has 2 aromatic rings. The van der Waals surface area contributed by atoms with Crippen LogP contribution in [0.3, 0.4) is 0 Å². The van der Waals surface area contributed by atoms with Gasteiger partial charge in [-0.15, -0.1) is 0 Å². The smallest absolute Gasteiger partial charge is 0.407 e. The lowest BCUT2D eigenvalue weighted by Crippen LogP contribution is -2.41. The second kappa shape index (κ2) is 7.06. The van der Waals surface area contributed by atoms with Gasteiger partial charge in [0.2, 0.25) is 5.91 Å². The van der Waals surface area contributed by atoms with Crippen molar-refractivity contribution in [3.05, 3.63) is 38.9 Å². The molecule has 0 bridgehead atoms. The lowest BCUT2D eigenvalue weighted by molar-refractivity contribution is -0.384. The molecule has 25 heavy (non-hydrogen) atoms. The highest BCUT2D eigenvalue weighted by atomic mass is 16.6. The van der Waals surface area contributed by atoms with Crippen molar-refractivity contribution in [3.63, 3.8) is 0 Å². The maximum Gasteiger partial charge on any atom is 0.419 e. The van der Waals surface area contributed by atoms with Crippen molar-refractivity contribution in [1.82, 2.24) is 9.88 Å². The molecule has 1 aromatic heterocycles. The molecule has 9 heteroatoms. The van der Waals surface area contributed by atoms with Gasteiger partial charge in [0.25, 0.3) is 5.69 Å². The summed E-state index contributed by atoms with van der Waals surface area (Å²) in [6, 6.07) is 4.06. The number of benzene rings is 1. The molecular formula is C16H20N4O5. The quantitative estimate of drug-likeness (QED) is 0.543. The minimum absolute atomic E-state index is 0.0329. The highest BCUT2D eigenvalue weighted by Crippen LogP contribution is 2.32. The predicted molar refractivity (Wildman–Crippen MR) is 90.1 cm³/mol. The maximum atomic E-state index is 12.0. The molecule has 1 heterocycles. The van der Waals surface area contributed by atoms with E-state index in [9.17, 15) is 19.7 Å². The number of hydrogen-bond acceptors (Lipinski definition) is 6. The van der Waals surface area contributed by atoms with Crippen LogP contribution in [0.15, 0.2) is 27.4 Å². The van der Waals surface area contributed by atoms with Crippen LogP contribution >= 0.6 is 0 Å². The van der Waals surface area contributed by atoms with Crippen molar-refractivity contribution in [2.24, 2.45) is 11.7 Å². The third-order valence-corrected chi connectivity index (χ3v) is 4.44. The second-order valence-corrected chi connectivity index (χ2v) is 6.28. The number of aryl methyl sites for hydroxylation is 1. The number of nitrogens with one attached hydrogen (secondary N) is 1. The van der Waals surface area contributed by atoms with Crippen molar-refractivity contribution in [2.75, 3.05) is 6.54 Å². The fourth-order valence-electron chi connectivity index (χ4n) is 2.92. The number of rotatable bonds is 8. The monoisotopic (exact) mass is 348 g/mol. The first kappa shape index (κ1) is 17.2. The van der Waals surface area contributed by atoms with Gasteiger partial charge in [-0.25, -0.2) is 4.79 Å². The molecule has 0 spiro atoms. The van der Waals surface area contributed by atoms with Gasteiger partial charge in [0.05, 0.1) is 16.5 Å². The van der Waals surface area contributed by atoms with Gasteiger partial charge in [0.1, 0.15) is 0 Å². The molecular weight excluding hydrogens is 328 g/mol. The van der Waals surface area contributed by atoms with E-state index in [-0.39, 0.29) is 29.6 Å². The molecule has 1 amide bonds. The summed E-state index contributed by atoms with van der Waals surface area (Å²) in [7, 11) is 0. The molecule has 134 valence electrons. The number of carbonyl (C=O) groups excluding carboxylic acids is 1. The summed E-state index contributed by atoms with van der Waals surface area (Å²) in [5, 5.41) is 13.7. The molecule has 3 N–H and O–H groups in total. The summed E-state index contributed by atoms with van der Waals surface area (Å²) in [4.78, 5) is 34.1. The summed E-state index contributed by atoms with van der Waals surface area (Å²) in [5.74, 6) is -0.183. The Morgan fingerprint density at radius 1 is 1.48 bits per heavy atom. The fourth-order valence-corrected chi connectivity index (χ4v) is 2.92. The van der Waals surface area contributed by atoms with Crippen LogP contribution < -0.4 is 16.8 Å². The Bertz CT molecular complexity index is 852. The molecule has 9 nitrogen and oxygen atoms in total. The van der Waals surface area contributed by atoms with E-state index in [0.717, 1.165) is 12.8 Å². The Labute approximate surface area is 142 Å². The lowest BCUT2D eigenvalue weighted by Gasteiger charge is -2.15. The molecule has 1 fully saturated rings. The number of amides is 1. The van der Waals surface area contributed by atoms with E-state index in [1.165, 1.54) is 22.8 Å². The SMILES string of the molecule is NCC(NC(=O)CCCn1c(=O)oc2cc([N+](=O)[O-])ccc21)C1CC1. The lowest BCUT2D eigenvalue weighted by atomic mass is 10.1. The fraction of sp³-hybridized carbons (Fsp3) is 0.500. The third-order valence-electron chi connectivity index (χ3n) is 4.44. The number of carbonyl (C=O) groups is 1. The average Bonchev–Trinajstić information content (AvgIpc) is 3.37. The van der Waals surface area contributed by atoms with Gasteiger partial charge >= 0.3 is 5.76 Å². The molecule has 1 unspecified atom stereocenters. The molecule has 1 aromatic carbocycles. The molecule has 1 atom stereocenters. The number of oxazole rings is 1. The number of hydrogen-bond donors (Lipinski definition) is 2. The number of non-ortho nitro benzene ring substituents is 1. The van der Waals surface area contributed by atoms with Crippen LogP contribution in [-0.2, 0) is 11.3 Å². The average molecular weight is 348 g/mol. The van der Waals surface area contributed by atoms with Crippen LogP contribution in [0.1, 0.15) is 25.7 Å². The predicted octanol–water partition coefficient (Wildman–Crippen LogP) is 1.14. The molecule has 0 saturated heterocycles. The first-order valence-electron chi connectivity index (χ1n) is 8.27. The van der Waals surface area contributed by atoms with Crippen molar-refractivity contribution in [1.29, 1.82) is 0 Å². The van der Waals surface area contributed by atoms with E-state index >= 15 is 0 Å². The highest BCUT2D eigenvalue weighted by Gasteiger charge is 2.31. The van der Waals surface area contributed by atoms with Crippen LogP contribution in [-0.4, -0.2) is 28.0 Å². The zero-order valence-corrected chi connectivity index (χ0v) is 13.6. The van der Waals surface area contributed by atoms with Gasteiger partial charge < -0.3 is 15.5 Å². The Hall–Kier alpha value is -2.68. The minimum Gasteiger partial charge on any atom is -0.407 e. The number of nitro benzene ring substituents is 1. The molecule has 3 rings (SSSR count). The third kappa shape index (κ3) is 3.87. The largest absolute Gasteiger partial charge is 0.419 e. The Morgan fingerprint density at radius 3 is 2.88 bits per heavy atom. The van der Waals surface area contributed by atoms with Gasteiger partial charge in [-0.2, -0.15) is 0 Å². The van der Waals surface area contributed by atoms with E-state index in [1.807, 2.05) is 0 Å². The van der Waals surface area contributed by atoms with Crippen LogP contribution in [0.25, 0.3) is 11.1 Å².